The highest BCUT2D eigenvalue weighted by molar-refractivity contribution is 9.10. The van der Waals surface area contributed by atoms with Crippen molar-refractivity contribution in [2.75, 3.05) is 5.32 Å². The fraction of sp³-hybridized carbons (Fsp3) is 0.0588. The van der Waals surface area contributed by atoms with Crippen molar-refractivity contribution >= 4 is 65.0 Å². The van der Waals surface area contributed by atoms with Gasteiger partial charge in [0.05, 0.1) is 11.1 Å². The third kappa shape index (κ3) is 3.60. The lowest BCUT2D eigenvalue weighted by Crippen LogP contribution is -2.27. The average molecular weight is 509 g/mol. The van der Waals surface area contributed by atoms with E-state index in [4.69, 9.17) is 0 Å². The summed E-state index contributed by atoms with van der Waals surface area (Å²) in [6, 6.07) is 8.82. The second-order valence-corrected chi connectivity index (χ2v) is 8.28. The first-order valence-electron chi connectivity index (χ1n) is 7.74. The van der Waals surface area contributed by atoms with Gasteiger partial charge in [-0.15, -0.1) is 11.3 Å². The summed E-state index contributed by atoms with van der Waals surface area (Å²) in [4.78, 5) is 29.1. The Morgan fingerprint density at radius 2 is 2.07 bits per heavy atom. The average Bonchev–Trinajstić information content (AvgIpc) is 3.27. The Hall–Kier alpha value is -2.30. The summed E-state index contributed by atoms with van der Waals surface area (Å²) in [5.74, 6) is 0.240. The largest absolute Gasteiger partial charge is 0.315 e. The molecule has 4 aromatic rings. The molecule has 136 valence electrons. The summed E-state index contributed by atoms with van der Waals surface area (Å²) in [5, 5.41) is 12.9. The molecule has 2 N–H and O–H groups in total. The fourth-order valence-corrected chi connectivity index (χ4v) is 4.69. The molecule has 0 saturated carbocycles. The number of carbonyl (C=O) groups is 1. The van der Waals surface area contributed by atoms with Gasteiger partial charge in [-0.25, -0.2) is 4.98 Å². The molecule has 0 unspecified atom stereocenters. The summed E-state index contributed by atoms with van der Waals surface area (Å²) in [6.07, 6.45) is 1.40. The molecule has 0 aliphatic heterocycles. The van der Waals surface area contributed by atoms with Crippen LogP contribution in [0, 0.1) is 0 Å². The predicted molar refractivity (Wildman–Crippen MR) is 112 cm³/mol. The molecule has 0 atom stereocenters. The minimum Gasteiger partial charge on any atom is -0.315 e. The molecule has 0 radical (unpaired) electrons. The quantitative estimate of drug-likeness (QED) is 0.435. The molecule has 0 bridgehead atoms. The van der Waals surface area contributed by atoms with Crippen LogP contribution >= 0.6 is 43.2 Å². The maximum absolute atomic E-state index is 12.7. The van der Waals surface area contributed by atoms with Crippen LogP contribution in [0.4, 0.5) is 5.00 Å². The standard InChI is InChI=1S/C17H11Br2N5O2S/c18-10-3-1-9-2-4-14(26)24(12(9)5-10)6-13(25)22-17-15(11(19)7-27-17)16-20-8-21-23-16/h1-5,7-8H,6H2,(H,22,25)(H,20,21,23). The second-order valence-electron chi connectivity index (χ2n) is 5.63. The van der Waals surface area contributed by atoms with Gasteiger partial charge >= 0.3 is 0 Å². The van der Waals surface area contributed by atoms with E-state index in [9.17, 15) is 9.59 Å². The van der Waals surface area contributed by atoms with E-state index in [1.165, 1.54) is 28.3 Å². The summed E-state index contributed by atoms with van der Waals surface area (Å²) in [6.45, 7) is -0.0992. The highest BCUT2D eigenvalue weighted by atomic mass is 79.9. The lowest BCUT2D eigenvalue weighted by Gasteiger charge is -2.11. The molecule has 0 spiro atoms. The van der Waals surface area contributed by atoms with Gasteiger partial charge in [0.15, 0.2) is 5.82 Å². The van der Waals surface area contributed by atoms with Gasteiger partial charge in [-0.05, 0) is 39.5 Å². The minimum atomic E-state index is -0.306. The zero-order valence-corrected chi connectivity index (χ0v) is 17.6. The lowest BCUT2D eigenvalue weighted by atomic mass is 10.2. The summed E-state index contributed by atoms with van der Waals surface area (Å²) in [5.41, 5.74) is 1.17. The number of pyridine rings is 1. The van der Waals surface area contributed by atoms with Crippen molar-refractivity contribution in [2.24, 2.45) is 0 Å². The first kappa shape index (κ1) is 18.1. The van der Waals surface area contributed by atoms with Gasteiger partial charge in [-0.3, -0.25) is 19.3 Å². The van der Waals surface area contributed by atoms with Gasteiger partial charge in [0.25, 0.3) is 5.56 Å². The van der Waals surface area contributed by atoms with Crippen LogP contribution < -0.4 is 10.9 Å². The number of halogens is 2. The number of aromatic amines is 1. The molecule has 7 nitrogen and oxygen atoms in total. The van der Waals surface area contributed by atoms with Crippen LogP contribution in [0.1, 0.15) is 0 Å². The van der Waals surface area contributed by atoms with Crippen LogP contribution in [0.15, 0.2) is 55.8 Å². The molecule has 0 aliphatic carbocycles. The van der Waals surface area contributed by atoms with Crippen LogP contribution in [-0.2, 0) is 11.3 Å². The number of nitrogens with one attached hydrogen (secondary N) is 2. The van der Waals surface area contributed by atoms with Crippen molar-refractivity contribution in [3.63, 3.8) is 0 Å². The topological polar surface area (TPSA) is 92.7 Å². The van der Waals surface area contributed by atoms with E-state index in [1.54, 1.807) is 6.07 Å². The molecule has 0 aliphatic rings. The van der Waals surface area contributed by atoms with E-state index in [0.29, 0.717) is 16.3 Å². The Morgan fingerprint density at radius 3 is 2.85 bits per heavy atom. The van der Waals surface area contributed by atoms with E-state index in [0.717, 1.165) is 19.9 Å². The van der Waals surface area contributed by atoms with Gasteiger partial charge in [0.2, 0.25) is 5.91 Å². The highest BCUT2D eigenvalue weighted by Crippen LogP contribution is 2.38. The number of fused-ring (bicyclic) bond motifs is 1. The Morgan fingerprint density at radius 1 is 1.26 bits per heavy atom. The Balaban J connectivity index is 1.65. The van der Waals surface area contributed by atoms with E-state index in [-0.39, 0.29) is 18.0 Å². The number of amides is 1. The SMILES string of the molecule is O=C(Cn1c(=O)ccc2ccc(Br)cc21)Nc1scc(Br)c1-c1ncn[nH]1. The van der Waals surface area contributed by atoms with E-state index < -0.39 is 0 Å². The molecule has 27 heavy (non-hydrogen) atoms. The molecule has 3 aromatic heterocycles. The third-order valence-electron chi connectivity index (χ3n) is 3.91. The monoisotopic (exact) mass is 507 g/mol. The van der Waals surface area contributed by atoms with Crippen molar-refractivity contribution in [2.45, 2.75) is 6.54 Å². The van der Waals surface area contributed by atoms with Crippen molar-refractivity contribution in [3.05, 3.63) is 61.3 Å². The van der Waals surface area contributed by atoms with Gasteiger partial charge in [0, 0.05) is 20.4 Å². The van der Waals surface area contributed by atoms with Crippen molar-refractivity contribution < 1.29 is 4.79 Å². The van der Waals surface area contributed by atoms with Crippen molar-refractivity contribution in [1.29, 1.82) is 0 Å². The number of H-pyrrole nitrogens is 1. The number of rotatable bonds is 4. The lowest BCUT2D eigenvalue weighted by molar-refractivity contribution is -0.116. The van der Waals surface area contributed by atoms with Gasteiger partial charge in [-0.1, -0.05) is 22.0 Å². The smallest absolute Gasteiger partial charge is 0.251 e. The number of hydrogen-bond acceptors (Lipinski definition) is 5. The zero-order valence-electron chi connectivity index (χ0n) is 13.6. The molecule has 1 amide bonds. The van der Waals surface area contributed by atoms with Crippen LogP contribution in [0.5, 0.6) is 0 Å². The van der Waals surface area contributed by atoms with Gasteiger partial charge in [0.1, 0.15) is 17.9 Å². The molecule has 0 saturated heterocycles. The zero-order chi connectivity index (χ0) is 19.0. The fourth-order valence-electron chi connectivity index (χ4n) is 2.71. The number of aromatic nitrogens is 4. The Kier molecular flexibility index (Phi) is 4.94. The summed E-state index contributed by atoms with van der Waals surface area (Å²) < 4.78 is 3.09. The van der Waals surface area contributed by atoms with E-state index in [1.807, 2.05) is 23.6 Å². The van der Waals surface area contributed by atoms with Crippen LogP contribution in [0.25, 0.3) is 22.3 Å². The number of hydrogen-bond donors (Lipinski definition) is 2. The summed E-state index contributed by atoms with van der Waals surface area (Å²) >= 11 is 8.23. The maximum atomic E-state index is 12.7. The first-order valence-corrected chi connectivity index (χ1v) is 10.2. The molecular weight excluding hydrogens is 498 g/mol. The Bertz CT molecular complexity index is 1200. The molecular formula is C17H11Br2N5O2S. The van der Waals surface area contributed by atoms with Gasteiger partial charge in [-0.2, -0.15) is 5.10 Å². The number of carbonyl (C=O) groups excluding carboxylic acids is 1. The van der Waals surface area contributed by atoms with Crippen molar-refractivity contribution in [1.82, 2.24) is 19.7 Å². The molecule has 1 aromatic carbocycles. The molecule has 3 heterocycles. The number of thiophene rings is 1. The van der Waals surface area contributed by atoms with Gasteiger partial charge < -0.3 is 5.32 Å². The number of benzene rings is 1. The first-order chi connectivity index (χ1) is 13.0. The number of nitrogens with zero attached hydrogens (tertiary/aromatic N) is 3. The highest BCUT2D eigenvalue weighted by Gasteiger charge is 2.17. The number of anilines is 1. The Labute approximate surface area is 173 Å². The van der Waals surface area contributed by atoms with Crippen LogP contribution in [0.3, 0.4) is 0 Å². The molecule has 4 rings (SSSR count). The predicted octanol–water partition coefficient (Wildman–Crippen LogP) is 4.01. The second kappa shape index (κ2) is 7.37. The van der Waals surface area contributed by atoms with E-state index >= 15 is 0 Å². The normalized spacial score (nSPS) is 11.0. The molecule has 10 heteroatoms. The van der Waals surface area contributed by atoms with Crippen molar-refractivity contribution in [3.8, 4) is 11.4 Å². The maximum Gasteiger partial charge on any atom is 0.251 e. The third-order valence-corrected chi connectivity index (χ3v) is 6.22. The minimum absolute atomic E-state index is 0.0992. The van der Waals surface area contributed by atoms with E-state index in [2.05, 4.69) is 52.4 Å². The van der Waals surface area contributed by atoms with Crippen LogP contribution in [0.2, 0.25) is 0 Å². The summed E-state index contributed by atoms with van der Waals surface area (Å²) in [7, 11) is 0. The van der Waals surface area contributed by atoms with Crippen LogP contribution in [-0.4, -0.2) is 25.7 Å². The molecule has 0 fully saturated rings.